The predicted octanol–water partition coefficient (Wildman–Crippen LogP) is 4.62. The van der Waals surface area contributed by atoms with Gasteiger partial charge in [0.1, 0.15) is 29.2 Å². The molecule has 3 N–H and O–H groups in total. The molecule has 1 amide bonds. The van der Waals surface area contributed by atoms with Crippen molar-refractivity contribution in [3.05, 3.63) is 66.6 Å². The summed E-state index contributed by atoms with van der Waals surface area (Å²) in [6, 6.07) is 17.5. The second-order valence-corrected chi connectivity index (χ2v) is 9.31. The summed E-state index contributed by atoms with van der Waals surface area (Å²) in [5.41, 5.74) is 8.25. The van der Waals surface area contributed by atoms with Crippen LogP contribution in [0.25, 0.3) is 11.1 Å². The van der Waals surface area contributed by atoms with Crippen molar-refractivity contribution in [3.63, 3.8) is 0 Å². The molecule has 0 spiro atoms. The molecule has 1 aromatic heterocycles. The van der Waals surface area contributed by atoms with E-state index in [1.807, 2.05) is 75.4 Å². The topological polar surface area (TPSA) is 103 Å². The molecule has 0 unspecified atom stereocenters. The van der Waals surface area contributed by atoms with E-state index in [1.54, 1.807) is 4.90 Å². The SMILES string of the molecule is CC(C)(C)OC(=O)N1CC[C@H](NCc2ncnc(N)c2-c2ccc(Oc3ccccc3)cc2)C1. The normalized spacial score (nSPS) is 15.9. The van der Waals surface area contributed by atoms with Crippen molar-refractivity contribution in [1.82, 2.24) is 20.2 Å². The van der Waals surface area contributed by atoms with Gasteiger partial charge in [0.2, 0.25) is 0 Å². The van der Waals surface area contributed by atoms with Crippen LogP contribution in [0, 0.1) is 0 Å². The Morgan fingerprint density at radius 1 is 1.09 bits per heavy atom. The molecule has 4 rings (SSSR count). The van der Waals surface area contributed by atoms with Gasteiger partial charge < -0.3 is 25.4 Å². The molecule has 1 saturated heterocycles. The zero-order valence-electron chi connectivity index (χ0n) is 19.8. The summed E-state index contributed by atoms with van der Waals surface area (Å²) in [5, 5.41) is 3.51. The summed E-state index contributed by atoms with van der Waals surface area (Å²) in [4.78, 5) is 22.7. The molecule has 1 fully saturated rings. The highest BCUT2D eigenvalue weighted by Gasteiger charge is 2.29. The summed E-state index contributed by atoms with van der Waals surface area (Å²) >= 11 is 0. The number of anilines is 1. The third-order valence-corrected chi connectivity index (χ3v) is 5.48. The van der Waals surface area contributed by atoms with E-state index >= 15 is 0 Å². The Kier molecular flexibility index (Phi) is 6.98. The Bertz CT molecular complexity index is 1110. The first-order valence-electron chi connectivity index (χ1n) is 11.4. The van der Waals surface area contributed by atoms with Crippen molar-refractivity contribution >= 4 is 11.9 Å². The number of aromatic nitrogens is 2. The van der Waals surface area contributed by atoms with Gasteiger partial charge in [0.25, 0.3) is 0 Å². The van der Waals surface area contributed by atoms with Crippen LogP contribution in [0.4, 0.5) is 10.6 Å². The van der Waals surface area contributed by atoms with Crippen LogP contribution in [0.3, 0.4) is 0 Å². The van der Waals surface area contributed by atoms with Gasteiger partial charge in [0.05, 0.1) is 5.69 Å². The maximum Gasteiger partial charge on any atom is 0.410 e. The van der Waals surface area contributed by atoms with Crippen LogP contribution in [0.5, 0.6) is 11.5 Å². The molecule has 8 heteroatoms. The zero-order valence-corrected chi connectivity index (χ0v) is 19.8. The number of nitrogens with two attached hydrogens (primary N) is 1. The van der Waals surface area contributed by atoms with Crippen molar-refractivity contribution in [3.8, 4) is 22.6 Å². The molecule has 0 radical (unpaired) electrons. The molecule has 0 aliphatic carbocycles. The maximum atomic E-state index is 12.3. The van der Waals surface area contributed by atoms with Crippen molar-refractivity contribution in [2.75, 3.05) is 18.8 Å². The fourth-order valence-electron chi connectivity index (χ4n) is 3.86. The van der Waals surface area contributed by atoms with Gasteiger partial charge in [-0.3, -0.25) is 0 Å². The van der Waals surface area contributed by atoms with Crippen LogP contribution >= 0.6 is 0 Å². The van der Waals surface area contributed by atoms with Gasteiger partial charge in [-0.05, 0) is 57.0 Å². The minimum absolute atomic E-state index is 0.151. The van der Waals surface area contributed by atoms with Crippen LogP contribution in [0.2, 0.25) is 0 Å². The fraction of sp³-hybridized carbons (Fsp3) is 0.346. The van der Waals surface area contributed by atoms with Gasteiger partial charge in [-0.2, -0.15) is 0 Å². The number of nitrogens with zero attached hydrogens (tertiary/aromatic N) is 3. The van der Waals surface area contributed by atoms with E-state index in [9.17, 15) is 4.79 Å². The largest absolute Gasteiger partial charge is 0.457 e. The lowest BCUT2D eigenvalue weighted by Gasteiger charge is -2.24. The molecule has 2 aromatic carbocycles. The summed E-state index contributed by atoms with van der Waals surface area (Å²) < 4.78 is 11.4. The number of nitrogens with one attached hydrogen (secondary N) is 1. The highest BCUT2D eigenvalue weighted by atomic mass is 16.6. The number of likely N-dealkylation sites (tertiary alicyclic amines) is 1. The quantitative estimate of drug-likeness (QED) is 0.552. The average Bonchev–Trinajstić information content (AvgIpc) is 3.28. The van der Waals surface area contributed by atoms with Crippen LogP contribution in [-0.2, 0) is 11.3 Å². The zero-order chi connectivity index (χ0) is 24.1. The number of carbonyl (C=O) groups excluding carboxylic acids is 1. The lowest BCUT2D eigenvalue weighted by Crippen LogP contribution is -2.38. The van der Waals surface area contributed by atoms with E-state index in [1.165, 1.54) is 6.33 Å². The number of hydrogen-bond donors (Lipinski definition) is 2. The van der Waals surface area contributed by atoms with E-state index in [0.29, 0.717) is 25.5 Å². The van der Waals surface area contributed by atoms with Crippen LogP contribution in [0.1, 0.15) is 32.9 Å². The Labute approximate surface area is 200 Å². The molecular weight excluding hydrogens is 430 g/mol. The summed E-state index contributed by atoms with van der Waals surface area (Å²) in [5.74, 6) is 1.93. The number of hydrogen-bond acceptors (Lipinski definition) is 7. The number of benzene rings is 2. The molecule has 1 aliphatic rings. The molecule has 0 bridgehead atoms. The Hall–Kier alpha value is -3.65. The Morgan fingerprint density at radius 3 is 2.50 bits per heavy atom. The molecule has 178 valence electrons. The fourth-order valence-corrected chi connectivity index (χ4v) is 3.86. The number of nitrogen functional groups attached to an aromatic ring is 1. The molecule has 2 heterocycles. The molecule has 0 saturated carbocycles. The van der Waals surface area contributed by atoms with Crippen molar-refractivity contribution in [2.45, 2.75) is 45.4 Å². The van der Waals surface area contributed by atoms with Crippen molar-refractivity contribution < 1.29 is 14.3 Å². The number of carbonyl (C=O) groups is 1. The number of rotatable bonds is 6. The minimum Gasteiger partial charge on any atom is -0.457 e. The van der Waals surface area contributed by atoms with Crippen LogP contribution in [0.15, 0.2) is 60.9 Å². The van der Waals surface area contributed by atoms with E-state index in [0.717, 1.165) is 34.7 Å². The van der Waals surface area contributed by atoms with Crippen molar-refractivity contribution in [2.24, 2.45) is 0 Å². The maximum absolute atomic E-state index is 12.3. The Morgan fingerprint density at radius 2 is 1.79 bits per heavy atom. The number of ether oxygens (including phenoxy) is 2. The van der Waals surface area contributed by atoms with Gasteiger partial charge in [-0.1, -0.05) is 30.3 Å². The lowest BCUT2D eigenvalue weighted by atomic mass is 10.0. The molecule has 3 aromatic rings. The van der Waals surface area contributed by atoms with E-state index in [4.69, 9.17) is 15.2 Å². The monoisotopic (exact) mass is 461 g/mol. The first-order valence-corrected chi connectivity index (χ1v) is 11.4. The third kappa shape index (κ3) is 6.02. The molecule has 8 nitrogen and oxygen atoms in total. The van der Waals surface area contributed by atoms with E-state index in [-0.39, 0.29) is 12.1 Å². The van der Waals surface area contributed by atoms with Crippen molar-refractivity contribution in [1.29, 1.82) is 0 Å². The second-order valence-electron chi connectivity index (χ2n) is 9.31. The van der Waals surface area contributed by atoms with E-state index in [2.05, 4.69) is 15.3 Å². The second kappa shape index (κ2) is 10.1. The minimum atomic E-state index is -0.502. The van der Waals surface area contributed by atoms with Gasteiger partial charge >= 0.3 is 6.09 Å². The highest BCUT2D eigenvalue weighted by molar-refractivity contribution is 5.76. The molecule has 34 heavy (non-hydrogen) atoms. The predicted molar refractivity (Wildman–Crippen MR) is 131 cm³/mol. The summed E-state index contributed by atoms with van der Waals surface area (Å²) in [7, 11) is 0. The highest BCUT2D eigenvalue weighted by Crippen LogP contribution is 2.30. The van der Waals surface area contributed by atoms with Gasteiger partial charge in [0.15, 0.2) is 0 Å². The van der Waals surface area contributed by atoms with Crippen LogP contribution in [-0.4, -0.2) is 45.7 Å². The van der Waals surface area contributed by atoms with E-state index < -0.39 is 5.60 Å². The first kappa shape index (κ1) is 23.5. The Balaban J connectivity index is 1.41. The average molecular weight is 462 g/mol. The first-order chi connectivity index (χ1) is 16.3. The van der Waals surface area contributed by atoms with Gasteiger partial charge in [-0.25, -0.2) is 14.8 Å². The van der Waals surface area contributed by atoms with Gasteiger partial charge in [-0.15, -0.1) is 0 Å². The van der Waals surface area contributed by atoms with Gasteiger partial charge in [0, 0.05) is 31.2 Å². The number of amides is 1. The lowest BCUT2D eigenvalue weighted by molar-refractivity contribution is 0.0291. The van der Waals surface area contributed by atoms with Crippen LogP contribution < -0.4 is 15.8 Å². The molecule has 1 atom stereocenters. The molecular formula is C26H31N5O3. The number of para-hydroxylation sites is 1. The third-order valence-electron chi connectivity index (χ3n) is 5.48. The molecule has 1 aliphatic heterocycles. The smallest absolute Gasteiger partial charge is 0.410 e. The summed E-state index contributed by atoms with van der Waals surface area (Å²) in [6.45, 7) is 7.38. The summed E-state index contributed by atoms with van der Waals surface area (Å²) in [6.07, 6.45) is 2.05. The standard InChI is InChI=1S/C26H31N5O3/c1-26(2,3)34-25(32)31-14-13-19(16-31)28-15-22-23(24(27)30-17-29-22)18-9-11-21(12-10-18)33-20-7-5-4-6-8-20/h4-12,17,19,28H,13-16H2,1-3H3,(H2,27,29,30)/t19-/m0/s1.